The van der Waals surface area contributed by atoms with Crippen LogP contribution in [0.2, 0.25) is 0 Å². The lowest BCUT2D eigenvalue weighted by atomic mass is 9.90. The number of hydrogen-bond donors (Lipinski definition) is 2. The summed E-state index contributed by atoms with van der Waals surface area (Å²) >= 11 is 0. The lowest BCUT2D eigenvalue weighted by Gasteiger charge is -2.16. The van der Waals surface area contributed by atoms with Crippen LogP contribution in [0.25, 0.3) is 22.3 Å². The highest BCUT2D eigenvalue weighted by molar-refractivity contribution is 5.78. The van der Waals surface area contributed by atoms with Crippen molar-refractivity contribution in [1.82, 2.24) is 0 Å². The quantitative estimate of drug-likeness (QED) is 0.360. The van der Waals surface area contributed by atoms with E-state index in [2.05, 4.69) is 50.2 Å². The van der Waals surface area contributed by atoms with Crippen LogP contribution < -0.4 is 0 Å². The van der Waals surface area contributed by atoms with E-state index in [1.165, 1.54) is 11.1 Å². The Kier molecular flexibility index (Phi) is 5.81. The van der Waals surface area contributed by atoms with Crippen molar-refractivity contribution in [3.8, 4) is 33.8 Å². The van der Waals surface area contributed by atoms with Crippen molar-refractivity contribution in [2.24, 2.45) is 0 Å². The normalized spacial score (nSPS) is 11.1. The van der Waals surface area contributed by atoms with Gasteiger partial charge >= 0.3 is 0 Å². The second-order valence-corrected chi connectivity index (χ2v) is 8.39. The van der Waals surface area contributed by atoms with Gasteiger partial charge < -0.3 is 10.2 Å². The van der Waals surface area contributed by atoms with Crippen molar-refractivity contribution in [3.05, 3.63) is 107 Å². The van der Waals surface area contributed by atoms with Gasteiger partial charge in [0.1, 0.15) is 11.5 Å². The second kappa shape index (κ2) is 8.69. The van der Waals surface area contributed by atoms with Crippen molar-refractivity contribution < 1.29 is 10.2 Å². The number of phenolic OH excluding ortho intramolecular Hbond substituents is 2. The van der Waals surface area contributed by atoms with Crippen LogP contribution >= 0.6 is 0 Å². The second-order valence-electron chi connectivity index (χ2n) is 8.39. The van der Waals surface area contributed by atoms with Crippen LogP contribution in [0, 0.1) is 6.92 Å². The van der Waals surface area contributed by atoms with Gasteiger partial charge in [0.15, 0.2) is 0 Å². The largest absolute Gasteiger partial charge is 0.507 e. The first kappa shape index (κ1) is 20.7. The summed E-state index contributed by atoms with van der Waals surface area (Å²) in [5.41, 5.74) is 7.83. The Morgan fingerprint density at radius 2 is 1.26 bits per heavy atom. The molecule has 2 heteroatoms. The SMILES string of the molecule is Cc1c(O)c(Cc2ccccc2)cc(-c2ccc(-c3ccccc3C(C)C)cc2)c1O. The lowest BCUT2D eigenvalue weighted by molar-refractivity contribution is 0.441. The number of aromatic hydroxyl groups is 2. The number of hydrogen-bond acceptors (Lipinski definition) is 2. The van der Waals surface area contributed by atoms with Crippen molar-refractivity contribution >= 4 is 0 Å². The monoisotopic (exact) mass is 408 g/mol. The maximum absolute atomic E-state index is 10.8. The van der Waals surface area contributed by atoms with E-state index in [-0.39, 0.29) is 11.5 Å². The Labute approximate surface area is 184 Å². The molecule has 0 atom stereocenters. The third-order valence-electron chi connectivity index (χ3n) is 5.92. The highest BCUT2D eigenvalue weighted by atomic mass is 16.3. The van der Waals surface area contributed by atoms with E-state index in [1.54, 1.807) is 6.92 Å². The third-order valence-corrected chi connectivity index (χ3v) is 5.92. The molecular formula is C29H28O2. The zero-order chi connectivity index (χ0) is 22.0. The van der Waals surface area contributed by atoms with Gasteiger partial charge in [-0.25, -0.2) is 0 Å². The first-order valence-electron chi connectivity index (χ1n) is 10.7. The molecule has 0 aromatic heterocycles. The minimum atomic E-state index is 0.129. The highest BCUT2D eigenvalue weighted by Crippen LogP contribution is 2.40. The summed E-state index contributed by atoms with van der Waals surface area (Å²) < 4.78 is 0. The molecule has 0 amide bonds. The topological polar surface area (TPSA) is 40.5 Å². The fourth-order valence-corrected chi connectivity index (χ4v) is 4.13. The molecule has 2 nitrogen and oxygen atoms in total. The van der Waals surface area contributed by atoms with Gasteiger partial charge in [-0.3, -0.25) is 0 Å². The maximum atomic E-state index is 10.8. The first-order chi connectivity index (χ1) is 15.0. The zero-order valence-corrected chi connectivity index (χ0v) is 18.3. The Morgan fingerprint density at radius 3 is 1.90 bits per heavy atom. The van der Waals surface area contributed by atoms with Crippen molar-refractivity contribution in [1.29, 1.82) is 0 Å². The van der Waals surface area contributed by atoms with Gasteiger partial charge in [0.05, 0.1) is 0 Å². The smallest absolute Gasteiger partial charge is 0.130 e. The summed E-state index contributed by atoms with van der Waals surface area (Å²) in [6.45, 7) is 6.17. The Bertz CT molecular complexity index is 1190. The molecule has 0 radical (unpaired) electrons. The van der Waals surface area contributed by atoms with E-state index in [0.29, 0.717) is 17.9 Å². The Hall–Kier alpha value is -3.52. The molecule has 0 saturated carbocycles. The summed E-state index contributed by atoms with van der Waals surface area (Å²) in [5, 5.41) is 21.4. The predicted octanol–water partition coefficient (Wildman–Crippen LogP) is 7.45. The summed E-state index contributed by atoms with van der Waals surface area (Å²) in [6.07, 6.45) is 0.612. The van der Waals surface area contributed by atoms with Crippen LogP contribution in [0.3, 0.4) is 0 Å². The molecule has 0 bridgehead atoms. The van der Waals surface area contributed by atoms with Gasteiger partial charge in [-0.2, -0.15) is 0 Å². The fourth-order valence-electron chi connectivity index (χ4n) is 4.13. The van der Waals surface area contributed by atoms with E-state index in [0.717, 1.165) is 27.8 Å². The van der Waals surface area contributed by atoms with E-state index in [4.69, 9.17) is 0 Å². The molecule has 4 aromatic rings. The number of benzene rings is 4. The maximum Gasteiger partial charge on any atom is 0.130 e. The minimum Gasteiger partial charge on any atom is -0.507 e. The molecule has 156 valence electrons. The molecule has 0 saturated heterocycles. The summed E-state index contributed by atoms with van der Waals surface area (Å²) in [6, 6.07) is 28.8. The van der Waals surface area contributed by atoms with Crippen LogP contribution in [0.1, 0.15) is 42.0 Å². The minimum absolute atomic E-state index is 0.129. The summed E-state index contributed by atoms with van der Waals surface area (Å²) in [4.78, 5) is 0. The Morgan fingerprint density at radius 1 is 0.677 bits per heavy atom. The van der Waals surface area contributed by atoms with Gasteiger partial charge in [0.25, 0.3) is 0 Å². The van der Waals surface area contributed by atoms with Gasteiger partial charge in [-0.05, 0) is 52.3 Å². The molecule has 0 aliphatic carbocycles. The fraction of sp³-hybridized carbons (Fsp3) is 0.172. The third kappa shape index (κ3) is 4.20. The first-order valence-corrected chi connectivity index (χ1v) is 10.7. The van der Waals surface area contributed by atoms with E-state index >= 15 is 0 Å². The average Bonchev–Trinajstić information content (AvgIpc) is 2.80. The van der Waals surface area contributed by atoms with E-state index in [9.17, 15) is 10.2 Å². The van der Waals surface area contributed by atoms with Gasteiger partial charge in [-0.1, -0.05) is 92.7 Å². The van der Waals surface area contributed by atoms with E-state index < -0.39 is 0 Å². The zero-order valence-electron chi connectivity index (χ0n) is 18.3. The highest BCUT2D eigenvalue weighted by Gasteiger charge is 2.16. The molecule has 31 heavy (non-hydrogen) atoms. The van der Waals surface area contributed by atoms with Crippen molar-refractivity contribution in [3.63, 3.8) is 0 Å². The van der Waals surface area contributed by atoms with Crippen LogP contribution in [0.15, 0.2) is 84.9 Å². The number of rotatable bonds is 5. The summed E-state index contributed by atoms with van der Waals surface area (Å²) in [7, 11) is 0. The molecule has 0 unspecified atom stereocenters. The summed E-state index contributed by atoms with van der Waals surface area (Å²) in [5.74, 6) is 0.734. The molecule has 2 N–H and O–H groups in total. The van der Waals surface area contributed by atoms with Crippen LogP contribution in [-0.4, -0.2) is 10.2 Å². The molecule has 0 aliphatic heterocycles. The van der Waals surface area contributed by atoms with Crippen molar-refractivity contribution in [2.45, 2.75) is 33.1 Å². The molecule has 4 rings (SSSR count). The van der Waals surface area contributed by atoms with Crippen LogP contribution in [0.5, 0.6) is 11.5 Å². The molecule has 0 fully saturated rings. The number of phenols is 2. The standard InChI is InChI=1S/C29H28O2/c1-19(2)25-11-7-8-12-26(25)22-13-15-23(16-14-22)27-18-24(28(30)20(3)29(27)31)17-21-9-5-4-6-10-21/h4-16,18-19,30-31H,17H2,1-3H3. The van der Waals surface area contributed by atoms with E-state index in [1.807, 2.05) is 48.5 Å². The molecule has 0 heterocycles. The van der Waals surface area contributed by atoms with Crippen molar-refractivity contribution in [2.75, 3.05) is 0 Å². The van der Waals surface area contributed by atoms with Crippen LogP contribution in [-0.2, 0) is 6.42 Å². The molecule has 4 aromatic carbocycles. The van der Waals surface area contributed by atoms with Gasteiger partial charge in [0.2, 0.25) is 0 Å². The predicted molar refractivity (Wildman–Crippen MR) is 129 cm³/mol. The van der Waals surface area contributed by atoms with Crippen LogP contribution in [0.4, 0.5) is 0 Å². The molecule has 0 spiro atoms. The lowest BCUT2D eigenvalue weighted by Crippen LogP contribution is -1.94. The van der Waals surface area contributed by atoms with Gasteiger partial charge in [-0.15, -0.1) is 0 Å². The Balaban J connectivity index is 1.73. The average molecular weight is 409 g/mol. The molecular weight excluding hydrogens is 380 g/mol. The van der Waals surface area contributed by atoms with Gasteiger partial charge in [0, 0.05) is 17.5 Å². The molecule has 0 aliphatic rings.